The molecule has 1 N–H and O–H groups in total. The van der Waals surface area contributed by atoms with E-state index >= 15 is 0 Å². The number of aromatic amines is 1. The van der Waals surface area contributed by atoms with Crippen LogP contribution in [0.4, 0.5) is 0 Å². The second kappa shape index (κ2) is 6.69. The van der Waals surface area contributed by atoms with Crippen molar-refractivity contribution in [1.82, 2.24) is 9.88 Å². The van der Waals surface area contributed by atoms with Gasteiger partial charge in [-0.05, 0) is 43.0 Å². The Morgan fingerprint density at radius 3 is 2.87 bits per heavy atom. The Balaban J connectivity index is 1.90. The number of benzene rings is 1. The van der Waals surface area contributed by atoms with E-state index in [1.54, 1.807) is 13.2 Å². The lowest BCUT2D eigenvalue weighted by molar-refractivity contribution is 0.0611. The second-order valence-electron chi connectivity index (χ2n) is 5.73. The van der Waals surface area contributed by atoms with Crippen LogP contribution in [0.2, 0.25) is 0 Å². The van der Waals surface area contributed by atoms with E-state index in [0.29, 0.717) is 5.56 Å². The van der Waals surface area contributed by atoms with Crippen molar-refractivity contribution < 1.29 is 9.53 Å². The van der Waals surface area contributed by atoms with Crippen molar-refractivity contribution in [2.24, 2.45) is 0 Å². The van der Waals surface area contributed by atoms with Gasteiger partial charge in [0.05, 0.1) is 18.7 Å². The molecule has 2 heterocycles. The normalized spacial score (nSPS) is 17.8. The average molecular weight is 312 g/mol. The van der Waals surface area contributed by atoms with Crippen LogP contribution < -0.4 is 10.3 Å². The predicted molar refractivity (Wildman–Crippen MR) is 87.7 cm³/mol. The molecule has 2 aromatic rings. The van der Waals surface area contributed by atoms with Gasteiger partial charge in [-0.25, -0.2) is 0 Å². The first-order valence-corrected chi connectivity index (χ1v) is 7.82. The van der Waals surface area contributed by atoms with Crippen LogP contribution in [0.5, 0.6) is 5.75 Å². The number of nitrogens with one attached hydrogen (secondary N) is 1. The Hall–Kier alpha value is -2.56. The van der Waals surface area contributed by atoms with Gasteiger partial charge in [0.2, 0.25) is 5.56 Å². The molecule has 3 rings (SSSR count). The minimum absolute atomic E-state index is 0.0401. The van der Waals surface area contributed by atoms with Crippen molar-refractivity contribution in [2.75, 3.05) is 13.7 Å². The predicted octanol–water partition coefficient (Wildman–Crippen LogP) is 2.75. The average Bonchev–Trinajstić information content (AvgIpc) is 2.62. The summed E-state index contributed by atoms with van der Waals surface area (Å²) in [7, 11) is 1.64. The molecular weight excluding hydrogens is 292 g/mol. The molecule has 1 aromatic heterocycles. The number of aromatic nitrogens is 1. The molecule has 0 bridgehead atoms. The summed E-state index contributed by atoms with van der Waals surface area (Å²) in [6.45, 7) is 0.722. The summed E-state index contributed by atoms with van der Waals surface area (Å²) in [5, 5.41) is 0. The van der Waals surface area contributed by atoms with Crippen molar-refractivity contribution >= 4 is 5.91 Å². The third kappa shape index (κ3) is 3.28. The highest BCUT2D eigenvalue weighted by Crippen LogP contribution is 2.33. The number of piperidine rings is 1. The van der Waals surface area contributed by atoms with E-state index in [2.05, 4.69) is 4.98 Å². The first kappa shape index (κ1) is 15.3. The fourth-order valence-electron chi connectivity index (χ4n) is 3.08. The lowest BCUT2D eigenvalue weighted by Crippen LogP contribution is -2.38. The Bertz CT molecular complexity index is 733. The van der Waals surface area contributed by atoms with Crippen LogP contribution in [-0.2, 0) is 0 Å². The van der Waals surface area contributed by atoms with Crippen LogP contribution in [0.3, 0.4) is 0 Å². The van der Waals surface area contributed by atoms with Gasteiger partial charge in [0, 0.05) is 18.8 Å². The number of amides is 1. The summed E-state index contributed by atoms with van der Waals surface area (Å²) >= 11 is 0. The number of pyridine rings is 1. The number of ether oxygens (including phenoxy) is 1. The van der Waals surface area contributed by atoms with Gasteiger partial charge in [-0.15, -0.1) is 0 Å². The van der Waals surface area contributed by atoms with E-state index in [4.69, 9.17) is 4.74 Å². The molecule has 1 aliphatic rings. The van der Waals surface area contributed by atoms with Crippen molar-refractivity contribution in [3.63, 3.8) is 0 Å². The van der Waals surface area contributed by atoms with Gasteiger partial charge in [0.1, 0.15) is 5.75 Å². The molecule has 5 nitrogen and oxygen atoms in total. The number of carbonyl (C=O) groups is 1. The van der Waals surface area contributed by atoms with E-state index in [0.717, 1.165) is 37.1 Å². The Morgan fingerprint density at radius 1 is 1.26 bits per heavy atom. The first-order valence-electron chi connectivity index (χ1n) is 7.82. The minimum Gasteiger partial charge on any atom is -0.497 e. The summed E-state index contributed by atoms with van der Waals surface area (Å²) in [5.74, 6) is 0.748. The topological polar surface area (TPSA) is 62.4 Å². The summed E-state index contributed by atoms with van der Waals surface area (Å²) < 4.78 is 5.30. The summed E-state index contributed by atoms with van der Waals surface area (Å²) in [5.41, 5.74) is 1.39. The standard InChI is InChI=1S/C18H20N2O3/c1-23-15-6-4-5-13(11-15)16-7-2-3-10-20(16)18(22)14-8-9-17(21)19-12-14/h4-6,8-9,11-12,16H,2-3,7,10H2,1H3,(H,19,21)/t16-/m1/s1. The van der Waals surface area contributed by atoms with Crippen molar-refractivity contribution in [2.45, 2.75) is 25.3 Å². The maximum atomic E-state index is 12.8. The largest absolute Gasteiger partial charge is 0.497 e. The lowest BCUT2D eigenvalue weighted by Gasteiger charge is -2.36. The minimum atomic E-state index is -0.204. The summed E-state index contributed by atoms with van der Waals surface area (Å²) in [4.78, 5) is 28.5. The SMILES string of the molecule is COc1cccc([C@H]2CCCCN2C(=O)c2ccc(=O)[nH]c2)c1. The van der Waals surface area contributed by atoms with Gasteiger partial charge in [-0.3, -0.25) is 9.59 Å². The van der Waals surface area contributed by atoms with Crippen molar-refractivity contribution in [3.8, 4) is 5.75 Å². The Labute approximate surface area is 134 Å². The molecule has 1 aliphatic heterocycles. The number of rotatable bonds is 3. The fourth-order valence-corrected chi connectivity index (χ4v) is 3.08. The van der Waals surface area contributed by atoms with Gasteiger partial charge in [-0.2, -0.15) is 0 Å². The first-order chi connectivity index (χ1) is 11.2. The maximum absolute atomic E-state index is 12.8. The quantitative estimate of drug-likeness (QED) is 0.948. The molecular formula is C18H20N2O3. The molecule has 0 spiro atoms. The second-order valence-corrected chi connectivity index (χ2v) is 5.73. The van der Waals surface area contributed by atoms with Gasteiger partial charge in [0.25, 0.3) is 5.91 Å². The maximum Gasteiger partial charge on any atom is 0.255 e. The molecule has 1 saturated heterocycles. The lowest BCUT2D eigenvalue weighted by atomic mass is 9.94. The number of likely N-dealkylation sites (tertiary alicyclic amines) is 1. The smallest absolute Gasteiger partial charge is 0.255 e. The third-order valence-electron chi connectivity index (χ3n) is 4.27. The fraction of sp³-hybridized carbons (Fsp3) is 0.333. The molecule has 0 unspecified atom stereocenters. The molecule has 0 saturated carbocycles. The van der Waals surface area contributed by atoms with Crippen LogP contribution in [0, 0.1) is 0 Å². The van der Waals surface area contributed by atoms with E-state index in [1.807, 2.05) is 29.2 Å². The van der Waals surface area contributed by atoms with Gasteiger partial charge in [0.15, 0.2) is 0 Å². The molecule has 1 amide bonds. The van der Waals surface area contributed by atoms with E-state index in [-0.39, 0.29) is 17.5 Å². The van der Waals surface area contributed by atoms with Crippen molar-refractivity contribution in [3.05, 3.63) is 64.1 Å². The van der Waals surface area contributed by atoms with Gasteiger partial charge in [-0.1, -0.05) is 12.1 Å². The molecule has 1 aromatic carbocycles. The van der Waals surface area contributed by atoms with Crippen LogP contribution in [0.1, 0.15) is 41.2 Å². The highest BCUT2D eigenvalue weighted by molar-refractivity contribution is 5.94. The molecule has 5 heteroatoms. The Kier molecular flexibility index (Phi) is 4.46. The molecule has 0 aliphatic carbocycles. The van der Waals surface area contributed by atoms with E-state index < -0.39 is 0 Å². The molecule has 0 radical (unpaired) electrons. The number of nitrogens with zero attached hydrogens (tertiary/aromatic N) is 1. The zero-order chi connectivity index (χ0) is 16.2. The highest BCUT2D eigenvalue weighted by Gasteiger charge is 2.28. The number of H-pyrrole nitrogens is 1. The van der Waals surface area contributed by atoms with Crippen LogP contribution in [-0.4, -0.2) is 29.4 Å². The zero-order valence-corrected chi connectivity index (χ0v) is 13.1. The third-order valence-corrected chi connectivity index (χ3v) is 4.27. The zero-order valence-electron chi connectivity index (χ0n) is 13.1. The van der Waals surface area contributed by atoms with Crippen LogP contribution in [0.25, 0.3) is 0 Å². The number of hydrogen-bond donors (Lipinski definition) is 1. The number of carbonyl (C=O) groups excluding carboxylic acids is 1. The molecule has 120 valence electrons. The van der Waals surface area contributed by atoms with Gasteiger partial charge >= 0.3 is 0 Å². The van der Waals surface area contributed by atoms with Gasteiger partial charge < -0.3 is 14.6 Å². The van der Waals surface area contributed by atoms with Crippen LogP contribution >= 0.6 is 0 Å². The summed E-state index contributed by atoms with van der Waals surface area (Å²) in [6.07, 6.45) is 4.51. The van der Waals surface area contributed by atoms with Crippen molar-refractivity contribution in [1.29, 1.82) is 0 Å². The van der Waals surface area contributed by atoms with Crippen LogP contribution in [0.15, 0.2) is 47.4 Å². The van der Waals surface area contributed by atoms with E-state index in [9.17, 15) is 9.59 Å². The number of hydrogen-bond acceptors (Lipinski definition) is 3. The monoisotopic (exact) mass is 312 g/mol. The number of methoxy groups -OCH3 is 1. The molecule has 1 atom stereocenters. The molecule has 23 heavy (non-hydrogen) atoms. The van der Waals surface area contributed by atoms with E-state index in [1.165, 1.54) is 12.3 Å². The highest BCUT2D eigenvalue weighted by atomic mass is 16.5. The Morgan fingerprint density at radius 2 is 2.13 bits per heavy atom. The summed E-state index contributed by atoms with van der Waals surface area (Å²) in [6, 6.07) is 10.9. The molecule has 1 fully saturated rings.